The first-order valence-corrected chi connectivity index (χ1v) is 11.5. The lowest BCUT2D eigenvalue weighted by molar-refractivity contribution is 0.0376. The Morgan fingerprint density at radius 3 is 2.77 bits per heavy atom. The van der Waals surface area contributed by atoms with E-state index < -0.39 is 0 Å². The predicted molar refractivity (Wildman–Crippen MR) is 129 cm³/mol. The minimum absolute atomic E-state index is 0.0859. The number of aryl methyl sites for hydroxylation is 2. The summed E-state index contributed by atoms with van der Waals surface area (Å²) >= 11 is 5.63. The highest BCUT2D eigenvalue weighted by molar-refractivity contribution is 7.80. The number of ether oxygens (including phenoxy) is 1. The maximum atomic E-state index is 12.7. The molecule has 3 N–H and O–H groups in total. The first-order valence-electron chi connectivity index (χ1n) is 11.0. The van der Waals surface area contributed by atoms with Crippen molar-refractivity contribution in [3.05, 3.63) is 45.2 Å². The van der Waals surface area contributed by atoms with Gasteiger partial charge in [-0.2, -0.15) is 0 Å². The highest BCUT2D eigenvalue weighted by Gasteiger charge is 2.14. The summed E-state index contributed by atoms with van der Waals surface area (Å²) in [6.45, 7) is 10.5. The number of H-pyrrole nitrogens is 1. The lowest BCUT2D eigenvalue weighted by atomic mass is 10.1. The number of aromatic nitrogens is 1. The third kappa shape index (κ3) is 6.74. The molecule has 2 heterocycles. The summed E-state index contributed by atoms with van der Waals surface area (Å²) in [5, 5.41) is 14.3. The number of benzene rings is 1. The monoisotopic (exact) mass is 446 g/mol. The van der Waals surface area contributed by atoms with Crippen LogP contribution in [-0.4, -0.2) is 77.5 Å². The van der Waals surface area contributed by atoms with Crippen LogP contribution < -0.4 is 10.9 Å². The standard InChI is InChI=1S/C23H34N4O3S/c1-17-13-18(2)21-19(14-17)15-20(22(29)25-21)16-27(7-4-10-28)23(31)24-5-3-6-26-8-11-30-12-9-26/h13-15,28H,3-12,16H2,1-2H3,(H,24,31)(H,25,29). The fourth-order valence-corrected chi connectivity index (χ4v) is 4.26. The van der Waals surface area contributed by atoms with E-state index in [1.807, 2.05) is 17.9 Å². The van der Waals surface area contributed by atoms with Crippen LogP contribution in [0.3, 0.4) is 0 Å². The van der Waals surface area contributed by atoms with E-state index >= 15 is 0 Å². The van der Waals surface area contributed by atoms with Crippen molar-refractivity contribution < 1.29 is 9.84 Å². The average Bonchev–Trinajstić information content (AvgIpc) is 2.75. The molecule has 31 heavy (non-hydrogen) atoms. The van der Waals surface area contributed by atoms with E-state index in [2.05, 4.69) is 34.3 Å². The number of fused-ring (bicyclic) bond motifs is 1. The van der Waals surface area contributed by atoms with Gasteiger partial charge in [0, 0.05) is 38.3 Å². The van der Waals surface area contributed by atoms with Crippen molar-refractivity contribution in [2.45, 2.75) is 33.2 Å². The van der Waals surface area contributed by atoms with Crippen LogP contribution in [0.1, 0.15) is 29.5 Å². The van der Waals surface area contributed by atoms with E-state index in [4.69, 9.17) is 17.0 Å². The Balaban J connectivity index is 1.63. The molecule has 1 fully saturated rings. The molecule has 1 saturated heterocycles. The molecule has 0 unspecified atom stereocenters. The minimum Gasteiger partial charge on any atom is -0.396 e. The SMILES string of the molecule is Cc1cc(C)c2[nH]c(=O)c(CN(CCCO)C(=S)NCCCN3CCOCC3)cc2c1. The zero-order chi connectivity index (χ0) is 22.2. The average molecular weight is 447 g/mol. The number of aliphatic hydroxyl groups is 1. The van der Waals surface area contributed by atoms with Gasteiger partial charge in [-0.15, -0.1) is 0 Å². The number of rotatable bonds is 9. The molecule has 0 spiro atoms. The maximum Gasteiger partial charge on any atom is 0.253 e. The van der Waals surface area contributed by atoms with Crippen LogP contribution in [0.5, 0.6) is 0 Å². The quantitative estimate of drug-likeness (QED) is 0.401. The van der Waals surface area contributed by atoms with Crippen LogP contribution in [0.25, 0.3) is 10.9 Å². The molecule has 0 saturated carbocycles. The van der Waals surface area contributed by atoms with Crippen molar-refractivity contribution in [1.29, 1.82) is 0 Å². The van der Waals surface area contributed by atoms with Gasteiger partial charge in [0.1, 0.15) is 0 Å². The fourth-order valence-electron chi connectivity index (χ4n) is 4.00. The van der Waals surface area contributed by atoms with Crippen LogP contribution in [0.2, 0.25) is 0 Å². The van der Waals surface area contributed by atoms with Crippen molar-refractivity contribution in [3.63, 3.8) is 0 Å². The Morgan fingerprint density at radius 2 is 2.03 bits per heavy atom. The number of pyridine rings is 1. The fraction of sp³-hybridized carbons (Fsp3) is 0.565. The van der Waals surface area contributed by atoms with Gasteiger partial charge >= 0.3 is 0 Å². The number of aromatic amines is 1. The van der Waals surface area contributed by atoms with Gasteiger partial charge in [-0.25, -0.2) is 0 Å². The zero-order valence-electron chi connectivity index (χ0n) is 18.6. The Bertz CT molecular complexity index is 940. The summed E-state index contributed by atoms with van der Waals surface area (Å²) in [5.41, 5.74) is 3.69. The van der Waals surface area contributed by atoms with Crippen LogP contribution in [0.15, 0.2) is 23.0 Å². The van der Waals surface area contributed by atoms with Gasteiger partial charge < -0.3 is 25.0 Å². The molecule has 1 aromatic carbocycles. The Hall–Kier alpha value is -2.00. The number of thiocarbonyl (C=S) groups is 1. The Morgan fingerprint density at radius 1 is 1.26 bits per heavy atom. The third-order valence-corrected chi connectivity index (χ3v) is 6.04. The van der Waals surface area contributed by atoms with E-state index in [1.54, 1.807) is 0 Å². The van der Waals surface area contributed by atoms with Gasteiger partial charge in [-0.3, -0.25) is 9.69 Å². The minimum atomic E-state index is -0.0939. The second kappa shape index (κ2) is 11.6. The molecule has 2 aromatic rings. The molecule has 8 heteroatoms. The number of nitrogens with one attached hydrogen (secondary N) is 2. The highest BCUT2D eigenvalue weighted by Crippen LogP contribution is 2.18. The number of nitrogens with zero attached hydrogens (tertiary/aromatic N) is 2. The summed E-state index contributed by atoms with van der Waals surface area (Å²) in [4.78, 5) is 20.1. The molecule has 0 bridgehead atoms. The van der Waals surface area contributed by atoms with Crippen molar-refractivity contribution in [3.8, 4) is 0 Å². The second-order valence-electron chi connectivity index (χ2n) is 8.21. The van der Waals surface area contributed by atoms with Crippen molar-refractivity contribution in [2.75, 3.05) is 52.5 Å². The summed E-state index contributed by atoms with van der Waals surface area (Å²) in [5.74, 6) is 0. The van der Waals surface area contributed by atoms with Gasteiger partial charge in [-0.05, 0) is 68.5 Å². The van der Waals surface area contributed by atoms with Gasteiger partial charge in [0.05, 0.1) is 25.3 Å². The van der Waals surface area contributed by atoms with E-state index in [0.717, 1.165) is 67.8 Å². The molecule has 0 amide bonds. The first kappa shape index (κ1) is 23.7. The van der Waals surface area contributed by atoms with Gasteiger partial charge in [0.2, 0.25) is 0 Å². The molecule has 170 valence electrons. The Labute approximate surface area is 189 Å². The molecule has 1 aliphatic heterocycles. The van der Waals surface area contributed by atoms with E-state index in [9.17, 15) is 9.90 Å². The van der Waals surface area contributed by atoms with Gasteiger partial charge in [0.15, 0.2) is 5.11 Å². The summed E-state index contributed by atoms with van der Waals surface area (Å²) in [7, 11) is 0. The number of morpholine rings is 1. The second-order valence-corrected chi connectivity index (χ2v) is 8.59. The van der Waals surface area contributed by atoms with Crippen molar-refractivity contribution in [2.24, 2.45) is 0 Å². The van der Waals surface area contributed by atoms with Crippen LogP contribution in [-0.2, 0) is 11.3 Å². The first-order chi connectivity index (χ1) is 15.0. The zero-order valence-corrected chi connectivity index (χ0v) is 19.4. The molecular weight excluding hydrogens is 412 g/mol. The molecule has 0 aliphatic carbocycles. The number of aliphatic hydroxyl groups excluding tert-OH is 1. The number of hydrogen-bond acceptors (Lipinski definition) is 5. The van der Waals surface area contributed by atoms with Crippen LogP contribution >= 0.6 is 12.2 Å². The highest BCUT2D eigenvalue weighted by atomic mass is 32.1. The summed E-state index contributed by atoms with van der Waals surface area (Å²) in [6.07, 6.45) is 1.59. The topological polar surface area (TPSA) is 80.8 Å². The van der Waals surface area contributed by atoms with E-state index in [1.165, 1.54) is 0 Å². The van der Waals surface area contributed by atoms with E-state index in [-0.39, 0.29) is 12.2 Å². The summed E-state index contributed by atoms with van der Waals surface area (Å²) < 4.78 is 5.39. The molecular formula is C23H34N4O3S. The van der Waals surface area contributed by atoms with Crippen LogP contribution in [0, 0.1) is 13.8 Å². The third-order valence-electron chi connectivity index (χ3n) is 5.64. The van der Waals surface area contributed by atoms with E-state index in [0.29, 0.717) is 30.2 Å². The molecule has 0 atom stereocenters. The van der Waals surface area contributed by atoms with Crippen LogP contribution in [0.4, 0.5) is 0 Å². The van der Waals surface area contributed by atoms with Crippen molar-refractivity contribution >= 4 is 28.2 Å². The smallest absolute Gasteiger partial charge is 0.253 e. The molecule has 1 aliphatic rings. The molecule has 7 nitrogen and oxygen atoms in total. The van der Waals surface area contributed by atoms with Gasteiger partial charge in [0.25, 0.3) is 5.56 Å². The lowest BCUT2D eigenvalue weighted by Gasteiger charge is -2.28. The van der Waals surface area contributed by atoms with Gasteiger partial charge in [-0.1, -0.05) is 11.6 Å². The lowest BCUT2D eigenvalue weighted by Crippen LogP contribution is -2.42. The predicted octanol–water partition coefficient (Wildman–Crippen LogP) is 1.93. The Kier molecular flexibility index (Phi) is 8.83. The largest absolute Gasteiger partial charge is 0.396 e. The van der Waals surface area contributed by atoms with Crippen molar-refractivity contribution in [1.82, 2.24) is 20.1 Å². The summed E-state index contributed by atoms with van der Waals surface area (Å²) in [6, 6.07) is 6.12. The normalized spacial score (nSPS) is 14.7. The molecule has 1 aromatic heterocycles. The molecule has 0 radical (unpaired) electrons. The number of hydrogen-bond donors (Lipinski definition) is 3. The maximum absolute atomic E-state index is 12.7. The molecule has 3 rings (SSSR count).